The van der Waals surface area contributed by atoms with Crippen molar-refractivity contribution in [3.8, 4) is 0 Å². The van der Waals surface area contributed by atoms with Crippen molar-refractivity contribution in [3.63, 3.8) is 0 Å². The number of hydrogen-bond donors (Lipinski definition) is 2. The molecule has 0 radical (unpaired) electrons. The topological polar surface area (TPSA) is 70.2 Å². The number of benzene rings is 1. The number of carbonyl (C=O) groups excluding carboxylic acids is 1. The minimum Gasteiger partial charge on any atom is -0.354 e. The fourth-order valence-corrected chi connectivity index (χ4v) is 4.22. The van der Waals surface area contributed by atoms with Gasteiger partial charge in [-0.15, -0.1) is 0 Å². The molecule has 1 amide bonds. The number of nitrogens with zero attached hydrogens (tertiary/aromatic N) is 3. The zero-order valence-corrected chi connectivity index (χ0v) is 16.9. The summed E-state index contributed by atoms with van der Waals surface area (Å²) in [5.41, 5.74) is 1.84. The van der Waals surface area contributed by atoms with Crippen molar-refractivity contribution in [1.29, 1.82) is 0 Å². The lowest BCUT2D eigenvalue weighted by Gasteiger charge is -2.22. The van der Waals surface area contributed by atoms with Crippen LogP contribution in [0.2, 0.25) is 0 Å². The SMILES string of the molecule is CC(=O)NC1CCN(c2nc(Nc3ccc(C)c(C(F)(F)F)c3)nc3c2CCC3)C1. The quantitative estimate of drug-likeness (QED) is 0.790. The first-order valence-electron chi connectivity index (χ1n) is 10.1. The highest BCUT2D eigenvalue weighted by atomic mass is 19.4. The lowest BCUT2D eigenvalue weighted by atomic mass is 10.1. The summed E-state index contributed by atoms with van der Waals surface area (Å²) in [5, 5.41) is 5.91. The van der Waals surface area contributed by atoms with Crippen molar-refractivity contribution in [2.24, 2.45) is 0 Å². The summed E-state index contributed by atoms with van der Waals surface area (Å²) in [5.74, 6) is 1.05. The number of alkyl halides is 3. The van der Waals surface area contributed by atoms with Crippen LogP contribution in [0.5, 0.6) is 0 Å². The molecule has 2 heterocycles. The van der Waals surface area contributed by atoms with Gasteiger partial charge in [-0.05, 0) is 50.3 Å². The molecule has 9 heteroatoms. The molecule has 1 unspecified atom stereocenters. The van der Waals surface area contributed by atoms with Crippen molar-refractivity contribution < 1.29 is 18.0 Å². The van der Waals surface area contributed by atoms with Crippen LogP contribution in [0.15, 0.2) is 18.2 Å². The van der Waals surface area contributed by atoms with Crippen LogP contribution in [0.1, 0.15) is 42.1 Å². The summed E-state index contributed by atoms with van der Waals surface area (Å²) < 4.78 is 39.7. The van der Waals surface area contributed by atoms with Crippen LogP contribution in [0, 0.1) is 6.92 Å². The monoisotopic (exact) mass is 419 g/mol. The number of hydrogen-bond acceptors (Lipinski definition) is 5. The Morgan fingerprint density at radius 1 is 1.23 bits per heavy atom. The molecule has 4 rings (SSSR count). The third-order valence-electron chi connectivity index (χ3n) is 5.61. The Kier molecular flexibility index (Phi) is 5.29. The van der Waals surface area contributed by atoms with Crippen LogP contribution >= 0.6 is 0 Å². The van der Waals surface area contributed by atoms with Crippen molar-refractivity contribution in [3.05, 3.63) is 40.6 Å². The first-order valence-corrected chi connectivity index (χ1v) is 10.1. The van der Waals surface area contributed by atoms with E-state index in [4.69, 9.17) is 0 Å². The predicted octanol–water partition coefficient (Wildman–Crippen LogP) is 3.75. The van der Waals surface area contributed by atoms with Crippen LogP contribution in [-0.2, 0) is 23.8 Å². The number of aryl methyl sites for hydroxylation is 2. The number of anilines is 3. The van der Waals surface area contributed by atoms with E-state index in [0.717, 1.165) is 55.4 Å². The summed E-state index contributed by atoms with van der Waals surface area (Å²) in [6, 6.07) is 4.20. The summed E-state index contributed by atoms with van der Waals surface area (Å²) in [6.07, 6.45) is -0.903. The molecule has 0 spiro atoms. The molecule has 1 aromatic heterocycles. The zero-order valence-electron chi connectivity index (χ0n) is 16.9. The van der Waals surface area contributed by atoms with Crippen molar-refractivity contribution in [2.75, 3.05) is 23.3 Å². The fourth-order valence-electron chi connectivity index (χ4n) is 4.22. The van der Waals surface area contributed by atoms with Gasteiger partial charge in [-0.2, -0.15) is 18.2 Å². The smallest absolute Gasteiger partial charge is 0.354 e. The number of amides is 1. The van der Waals surface area contributed by atoms with E-state index in [9.17, 15) is 18.0 Å². The minimum atomic E-state index is -4.42. The average Bonchev–Trinajstić information content (AvgIpc) is 3.30. The second kappa shape index (κ2) is 7.77. The molecule has 2 N–H and O–H groups in total. The summed E-state index contributed by atoms with van der Waals surface area (Å²) in [6.45, 7) is 4.36. The van der Waals surface area contributed by atoms with Gasteiger partial charge in [0.1, 0.15) is 5.82 Å². The van der Waals surface area contributed by atoms with E-state index in [0.29, 0.717) is 18.2 Å². The van der Waals surface area contributed by atoms with Crippen molar-refractivity contribution in [2.45, 2.75) is 51.7 Å². The zero-order chi connectivity index (χ0) is 21.5. The minimum absolute atomic E-state index is 0.0584. The summed E-state index contributed by atoms with van der Waals surface area (Å²) in [4.78, 5) is 22.7. The van der Waals surface area contributed by atoms with Crippen LogP contribution in [-0.4, -0.2) is 35.0 Å². The second-order valence-corrected chi connectivity index (χ2v) is 7.93. The largest absolute Gasteiger partial charge is 0.416 e. The molecular weight excluding hydrogens is 395 g/mol. The van der Waals surface area contributed by atoms with E-state index in [-0.39, 0.29) is 17.5 Å². The number of halogens is 3. The van der Waals surface area contributed by atoms with Gasteiger partial charge < -0.3 is 15.5 Å². The molecule has 30 heavy (non-hydrogen) atoms. The lowest BCUT2D eigenvalue weighted by molar-refractivity contribution is -0.138. The Labute approximate surface area is 172 Å². The Balaban J connectivity index is 1.62. The standard InChI is InChI=1S/C21H24F3N5O/c1-12-6-7-14(10-17(12)21(22,23)24)26-20-27-18-5-3-4-16(18)19(28-20)29-9-8-15(11-29)25-13(2)30/h6-7,10,15H,3-5,8-9,11H2,1-2H3,(H,25,30)(H,26,27,28). The van der Waals surface area contributed by atoms with Gasteiger partial charge >= 0.3 is 6.18 Å². The molecular formula is C21H24F3N5O. The Morgan fingerprint density at radius 3 is 2.77 bits per heavy atom. The predicted molar refractivity (Wildman–Crippen MR) is 108 cm³/mol. The number of fused-ring (bicyclic) bond motifs is 1. The van der Waals surface area contributed by atoms with Crippen LogP contribution in [0.25, 0.3) is 0 Å². The van der Waals surface area contributed by atoms with E-state index in [1.165, 1.54) is 19.9 Å². The van der Waals surface area contributed by atoms with E-state index in [1.807, 2.05) is 0 Å². The molecule has 1 atom stereocenters. The van der Waals surface area contributed by atoms with Crippen LogP contribution in [0.3, 0.4) is 0 Å². The van der Waals surface area contributed by atoms with Gasteiger partial charge in [0.15, 0.2) is 0 Å². The van der Waals surface area contributed by atoms with E-state index < -0.39 is 11.7 Å². The molecule has 1 aliphatic carbocycles. The third-order valence-corrected chi connectivity index (χ3v) is 5.61. The van der Waals surface area contributed by atoms with Gasteiger partial charge in [0, 0.05) is 37.3 Å². The van der Waals surface area contributed by atoms with Crippen LogP contribution in [0.4, 0.5) is 30.6 Å². The van der Waals surface area contributed by atoms with Crippen molar-refractivity contribution in [1.82, 2.24) is 15.3 Å². The van der Waals surface area contributed by atoms with Gasteiger partial charge in [-0.1, -0.05) is 6.07 Å². The van der Waals surface area contributed by atoms with E-state index >= 15 is 0 Å². The lowest BCUT2D eigenvalue weighted by Crippen LogP contribution is -2.36. The van der Waals surface area contributed by atoms with Gasteiger partial charge in [0.05, 0.1) is 11.3 Å². The maximum atomic E-state index is 13.2. The molecule has 160 valence electrons. The highest BCUT2D eigenvalue weighted by molar-refractivity contribution is 5.73. The van der Waals surface area contributed by atoms with Gasteiger partial charge in [0.25, 0.3) is 0 Å². The third kappa shape index (κ3) is 4.20. The van der Waals surface area contributed by atoms with E-state index in [1.54, 1.807) is 6.07 Å². The molecule has 1 aliphatic heterocycles. The van der Waals surface area contributed by atoms with Crippen molar-refractivity contribution >= 4 is 23.4 Å². The highest BCUT2D eigenvalue weighted by Gasteiger charge is 2.33. The number of rotatable bonds is 4. The Hall–Kier alpha value is -2.84. The fraction of sp³-hybridized carbons (Fsp3) is 0.476. The summed E-state index contributed by atoms with van der Waals surface area (Å²) >= 11 is 0. The van der Waals surface area contributed by atoms with Crippen LogP contribution < -0.4 is 15.5 Å². The van der Waals surface area contributed by atoms with Gasteiger partial charge in [-0.3, -0.25) is 4.79 Å². The first kappa shape index (κ1) is 20.4. The molecule has 1 saturated heterocycles. The molecule has 1 aromatic carbocycles. The molecule has 0 bridgehead atoms. The number of nitrogens with one attached hydrogen (secondary N) is 2. The molecule has 2 aromatic rings. The highest BCUT2D eigenvalue weighted by Crippen LogP contribution is 2.35. The maximum absolute atomic E-state index is 13.2. The van der Waals surface area contributed by atoms with Gasteiger partial charge in [-0.25, -0.2) is 4.98 Å². The Morgan fingerprint density at radius 2 is 2.03 bits per heavy atom. The maximum Gasteiger partial charge on any atom is 0.416 e. The van der Waals surface area contributed by atoms with Gasteiger partial charge in [0.2, 0.25) is 11.9 Å². The normalized spacial score (nSPS) is 18.4. The summed E-state index contributed by atoms with van der Waals surface area (Å²) in [7, 11) is 0. The molecule has 6 nitrogen and oxygen atoms in total. The van der Waals surface area contributed by atoms with E-state index in [2.05, 4.69) is 25.5 Å². The average molecular weight is 419 g/mol. The first-order chi connectivity index (χ1) is 14.2. The molecule has 2 aliphatic rings. The second-order valence-electron chi connectivity index (χ2n) is 7.93. The number of aromatic nitrogens is 2. The molecule has 1 fully saturated rings. The number of carbonyl (C=O) groups is 1. The Bertz CT molecular complexity index is 976. The molecule has 0 saturated carbocycles.